The fraction of sp³-hybridized carbons (Fsp3) is 0.562. The first-order valence-corrected chi connectivity index (χ1v) is 7.23. The Balaban J connectivity index is 2.56. The molecule has 0 saturated heterocycles. The Morgan fingerprint density at radius 2 is 1.86 bits per heavy atom. The first-order valence-electron chi connectivity index (χ1n) is 7.23. The molecule has 5 nitrogen and oxygen atoms in total. The number of nitrogens with one attached hydrogen (secondary N) is 1. The Hall–Kier alpha value is -1.75. The van der Waals surface area contributed by atoms with Crippen molar-refractivity contribution in [2.24, 2.45) is 5.41 Å². The summed E-state index contributed by atoms with van der Waals surface area (Å²) in [5, 5.41) is 21.0. The molecule has 5 heteroatoms. The Morgan fingerprint density at radius 1 is 1.24 bits per heavy atom. The number of rotatable bonds is 6. The molecule has 0 unspecified atom stereocenters. The third kappa shape index (κ3) is 6.99. The molecule has 0 heterocycles. The zero-order valence-corrected chi connectivity index (χ0v) is 13.1. The van der Waals surface area contributed by atoms with Crippen molar-refractivity contribution in [2.75, 3.05) is 19.7 Å². The largest absolute Gasteiger partial charge is 0.508 e. The van der Waals surface area contributed by atoms with E-state index in [1.165, 1.54) is 0 Å². The van der Waals surface area contributed by atoms with Gasteiger partial charge in [0, 0.05) is 26.2 Å². The lowest BCUT2D eigenvalue weighted by Crippen LogP contribution is -2.44. The smallest absolute Gasteiger partial charge is 0.317 e. The number of benzene rings is 1. The van der Waals surface area contributed by atoms with Crippen LogP contribution in [0.4, 0.5) is 4.79 Å². The average molecular weight is 294 g/mol. The molecule has 118 valence electrons. The van der Waals surface area contributed by atoms with Crippen LogP contribution in [0.1, 0.15) is 32.8 Å². The van der Waals surface area contributed by atoms with Gasteiger partial charge in [0.25, 0.3) is 0 Å². The van der Waals surface area contributed by atoms with E-state index in [1.807, 2.05) is 0 Å². The van der Waals surface area contributed by atoms with Gasteiger partial charge in [-0.3, -0.25) is 0 Å². The van der Waals surface area contributed by atoms with Crippen molar-refractivity contribution in [3.8, 4) is 5.75 Å². The predicted molar refractivity (Wildman–Crippen MR) is 83.1 cm³/mol. The molecule has 1 aromatic rings. The highest BCUT2D eigenvalue weighted by Gasteiger charge is 2.20. The fourth-order valence-corrected chi connectivity index (χ4v) is 1.99. The summed E-state index contributed by atoms with van der Waals surface area (Å²) >= 11 is 0. The Bertz CT molecular complexity index is 438. The highest BCUT2D eigenvalue weighted by Crippen LogP contribution is 2.16. The molecule has 1 aromatic carbocycles. The van der Waals surface area contributed by atoms with Gasteiger partial charge in [-0.1, -0.05) is 32.9 Å². The van der Waals surface area contributed by atoms with Crippen molar-refractivity contribution in [3.63, 3.8) is 0 Å². The molecule has 21 heavy (non-hydrogen) atoms. The lowest BCUT2D eigenvalue weighted by atomic mass is 9.96. The van der Waals surface area contributed by atoms with E-state index in [0.717, 1.165) is 5.56 Å². The van der Waals surface area contributed by atoms with E-state index in [9.17, 15) is 9.90 Å². The second-order valence-corrected chi connectivity index (χ2v) is 6.38. The van der Waals surface area contributed by atoms with E-state index >= 15 is 0 Å². The van der Waals surface area contributed by atoms with E-state index < -0.39 is 0 Å². The molecule has 0 spiro atoms. The van der Waals surface area contributed by atoms with Crippen LogP contribution in [0.15, 0.2) is 24.3 Å². The van der Waals surface area contributed by atoms with Crippen molar-refractivity contribution >= 4 is 6.03 Å². The number of hydrogen-bond acceptors (Lipinski definition) is 3. The van der Waals surface area contributed by atoms with Crippen LogP contribution >= 0.6 is 0 Å². The molecule has 0 saturated carbocycles. The SMILES string of the molecule is CC(C)(C)CN(CCCO)C(=O)NCc1ccc(O)cc1. The van der Waals surface area contributed by atoms with Crippen molar-refractivity contribution in [2.45, 2.75) is 33.7 Å². The molecule has 0 aliphatic carbocycles. The van der Waals surface area contributed by atoms with Gasteiger partial charge in [-0.05, 0) is 29.5 Å². The number of carbonyl (C=O) groups is 1. The van der Waals surface area contributed by atoms with E-state index in [2.05, 4.69) is 26.1 Å². The molecule has 0 aliphatic heterocycles. The third-order valence-corrected chi connectivity index (χ3v) is 2.92. The maximum Gasteiger partial charge on any atom is 0.317 e. The van der Waals surface area contributed by atoms with Crippen LogP contribution in [0.25, 0.3) is 0 Å². The van der Waals surface area contributed by atoms with Crippen LogP contribution in [0.3, 0.4) is 0 Å². The molecule has 0 atom stereocenters. The van der Waals surface area contributed by atoms with Crippen LogP contribution in [0.2, 0.25) is 0 Å². The van der Waals surface area contributed by atoms with Crippen molar-refractivity contribution in [3.05, 3.63) is 29.8 Å². The molecular weight excluding hydrogens is 268 g/mol. The molecule has 0 bridgehead atoms. The van der Waals surface area contributed by atoms with Crippen LogP contribution < -0.4 is 5.32 Å². The number of phenols is 1. The first kappa shape index (κ1) is 17.3. The van der Waals surface area contributed by atoms with E-state index in [1.54, 1.807) is 29.2 Å². The van der Waals surface area contributed by atoms with Gasteiger partial charge >= 0.3 is 6.03 Å². The van der Waals surface area contributed by atoms with Crippen LogP contribution in [0.5, 0.6) is 5.75 Å². The summed E-state index contributed by atoms with van der Waals surface area (Å²) in [6.07, 6.45) is 0.572. The minimum atomic E-state index is -0.133. The van der Waals surface area contributed by atoms with Gasteiger partial charge in [-0.25, -0.2) is 4.79 Å². The number of aliphatic hydroxyl groups is 1. The van der Waals surface area contributed by atoms with Gasteiger partial charge in [0.15, 0.2) is 0 Å². The van der Waals surface area contributed by atoms with Gasteiger partial charge in [0.1, 0.15) is 5.75 Å². The van der Waals surface area contributed by atoms with Crippen molar-refractivity contribution < 1.29 is 15.0 Å². The predicted octanol–water partition coefficient (Wildman–Crippen LogP) is 2.33. The first-order chi connectivity index (χ1) is 9.81. The third-order valence-electron chi connectivity index (χ3n) is 2.92. The van der Waals surface area contributed by atoms with Crippen LogP contribution in [-0.2, 0) is 6.54 Å². The summed E-state index contributed by atoms with van der Waals surface area (Å²) in [5.41, 5.74) is 0.935. The summed E-state index contributed by atoms with van der Waals surface area (Å²) in [6, 6.07) is 6.61. The number of carbonyl (C=O) groups excluding carboxylic acids is 1. The van der Waals surface area contributed by atoms with Crippen molar-refractivity contribution in [1.29, 1.82) is 0 Å². The highest BCUT2D eigenvalue weighted by atomic mass is 16.3. The quantitative estimate of drug-likeness (QED) is 0.754. The summed E-state index contributed by atoms with van der Waals surface area (Å²) in [4.78, 5) is 14.0. The topological polar surface area (TPSA) is 72.8 Å². The number of aromatic hydroxyl groups is 1. The summed E-state index contributed by atoms with van der Waals surface area (Å²) in [6.45, 7) is 7.89. The van der Waals surface area contributed by atoms with E-state index in [0.29, 0.717) is 26.1 Å². The van der Waals surface area contributed by atoms with Gasteiger partial charge < -0.3 is 20.4 Å². The second kappa shape index (κ2) is 7.88. The molecule has 3 N–H and O–H groups in total. The summed E-state index contributed by atoms with van der Waals surface area (Å²) in [5.74, 6) is 0.211. The minimum Gasteiger partial charge on any atom is -0.508 e. The number of urea groups is 1. The number of aliphatic hydroxyl groups excluding tert-OH is 1. The number of hydrogen-bond donors (Lipinski definition) is 3. The zero-order chi connectivity index (χ0) is 15.9. The van der Waals surface area contributed by atoms with Crippen LogP contribution in [-0.4, -0.2) is 40.8 Å². The maximum absolute atomic E-state index is 12.3. The van der Waals surface area contributed by atoms with E-state index in [-0.39, 0.29) is 23.8 Å². The molecule has 0 aliphatic rings. The number of nitrogens with zero attached hydrogens (tertiary/aromatic N) is 1. The van der Waals surface area contributed by atoms with Crippen molar-refractivity contribution in [1.82, 2.24) is 10.2 Å². The van der Waals surface area contributed by atoms with Gasteiger partial charge in [0.2, 0.25) is 0 Å². The fourth-order valence-electron chi connectivity index (χ4n) is 1.99. The van der Waals surface area contributed by atoms with Crippen LogP contribution in [0, 0.1) is 5.41 Å². The summed E-state index contributed by atoms with van der Waals surface area (Å²) in [7, 11) is 0. The lowest BCUT2D eigenvalue weighted by Gasteiger charge is -2.30. The molecule has 0 radical (unpaired) electrons. The molecule has 0 aromatic heterocycles. The second-order valence-electron chi connectivity index (χ2n) is 6.38. The monoisotopic (exact) mass is 294 g/mol. The number of amides is 2. The Morgan fingerprint density at radius 3 is 2.38 bits per heavy atom. The van der Waals surface area contributed by atoms with Gasteiger partial charge in [0.05, 0.1) is 0 Å². The molecular formula is C16H26N2O3. The molecule has 1 rings (SSSR count). The lowest BCUT2D eigenvalue weighted by molar-refractivity contribution is 0.164. The summed E-state index contributed by atoms with van der Waals surface area (Å²) < 4.78 is 0. The molecule has 0 fully saturated rings. The minimum absolute atomic E-state index is 0.00529. The standard InChI is InChI=1S/C16H26N2O3/c1-16(2,3)12-18(9-4-10-19)15(21)17-11-13-5-7-14(20)8-6-13/h5-8,19-20H,4,9-12H2,1-3H3,(H,17,21). The van der Waals surface area contributed by atoms with Gasteiger partial charge in [-0.15, -0.1) is 0 Å². The highest BCUT2D eigenvalue weighted by molar-refractivity contribution is 5.74. The average Bonchev–Trinajstić information content (AvgIpc) is 2.41. The zero-order valence-electron chi connectivity index (χ0n) is 13.1. The normalized spacial score (nSPS) is 11.2. The Labute approximate surface area is 126 Å². The molecule has 2 amide bonds. The van der Waals surface area contributed by atoms with Gasteiger partial charge in [-0.2, -0.15) is 0 Å². The maximum atomic E-state index is 12.3. The van der Waals surface area contributed by atoms with E-state index in [4.69, 9.17) is 5.11 Å². The number of phenolic OH excluding ortho intramolecular Hbond substituents is 1. The Kier molecular flexibility index (Phi) is 6.49.